The van der Waals surface area contributed by atoms with Crippen LogP contribution >= 0.6 is 0 Å². The maximum absolute atomic E-state index is 9.60. The summed E-state index contributed by atoms with van der Waals surface area (Å²) in [7, 11) is 0. The van der Waals surface area contributed by atoms with Gasteiger partial charge in [0.2, 0.25) is 0 Å². The van der Waals surface area contributed by atoms with Gasteiger partial charge in [0.05, 0.1) is 11.0 Å². The summed E-state index contributed by atoms with van der Waals surface area (Å²) in [5.41, 5.74) is 3.22. The van der Waals surface area contributed by atoms with Gasteiger partial charge < -0.3 is 4.90 Å². The van der Waals surface area contributed by atoms with Crippen molar-refractivity contribution in [2.75, 3.05) is 4.90 Å². The monoisotopic (exact) mass is 581 g/mol. The fraction of sp³-hybridized carbons (Fsp3) is 0. The quantitative estimate of drug-likeness (QED) is 0.189. The van der Waals surface area contributed by atoms with Crippen LogP contribution in [0.25, 0.3) is 54.9 Å². The minimum atomic E-state index is -0.438. The molecule has 0 saturated carbocycles. The summed E-state index contributed by atoms with van der Waals surface area (Å²) in [5, 5.41) is 4.03. The first-order chi connectivity index (χ1) is 25.6. The summed E-state index contributed by atoms with van der Waals surface area (Å²) in [6.45, 7) is 0. The molecule has 0 fully saturated rings. The van der Waals surface area contributed by atoms with E-state index in [4.69, 9.17) is 5.48 Å². The Bertz CT molecular complexity index is 2680. The lowest BCUT2D eigenvalue weighted by Crippen LogP contribution is -2.10. The molecule has 0 aromatic heterocycles. The number of benzene rings is 8. The average Bonchev–Trinajstić information content (AvgIpc) is 3.19. The Hall–Kier alpha value is -5.92. The van der Waals surface area contributed by atoms with E-state index in [1.54, 1.807) is 42.5 Å². The normalized spacial score (nSPS) is 13.6. The third-order valence-corrected chi connectivity index (χ3v) is 7.98. The van der Waals surface area contributed by atoms with Crippen molar-refractivity contribution < 1.29 is 11.0 Å². The molecule has 0 radical (unpaired) electrons. The Morgan fingerprint density at radius 3 is 1.51 bits per heavy atom. The van der Waals surface area contributed by atoms with E-state index in [-0.39, 0.29) is 58.8 Å². The molecule has 45 heavy (non-hydrogen) atoms. The number of nitrogens with zero attached hydrogens (tertiary/aromatic N) is 1. The lowest BCUT2D eigenvalue weighted by Gasteiger charge is -2.26. The van der Waals surface area contributed by atoms with Gasteiger partial charge >= 0.3 is 0 Å². The van der Waals surface area contributed by atoms with Gasteiger partial charge in [-0.1, -0.05) is 139 Å². The van der Waals surface area contributed by atoms with Crippen LogP contribution in [0.2, 0.25) is 0 Å². The molecule has 0 amide bonds. The first-order valence-corrected chi connectivity index (χ1v) is 14.8. The Kier molecular flexibility index (Phi) is 5.01. The van der Waals surface area contributed by atoms with Crippen LogP contribution in [-0.4, -0.2) is 0 Å². The zero-order valence-corrected chi connectivity index (χ0v) is 24.2. The predicted molar refractivity (Wildman–Crippen MR) is 192 cm³/mol. The smallest absolute Gasteiger partial charge is 0.0651 e. The summed E-state index contributed by atoms with van der Waals surface area (Å²) in [4.78, 5) is 1.38. The van der Waals surface area contributed by atoms with Gasteiger partial charge in [0.15, 0.2) is 0 Å². The molecule has 0 aliphatic rings. The Morgan fingerprint density at radius 2 is 0.867 bits per heavy atom. The zero-order chi connectivity index (χ0) is 37.0. The van der Waals surface area contributed by atoms with Gasteiger partial charge in [0, 0.05) is 17.1 Å². The minimum Gasteiger partial charge on any atom is -0.310 e. The lowest BCUT2D eigenvalue weighted by atomic mass is 9.99. The number of fused-ring (bicyclic) bond motifs is 2. The lowest BCUT2D eigenvalue weighted by molar-refractivity contribution is 1.28. The van der Waals surface area contributed by atoms with Gasteiger partial charge in [-0.05, 0) is 103 Å². The SMILES string of the molecule is [2H]c1c([2H])c(-c2ccc3ccccc3c2)c([2H])c(N(c2ccc(-c3ccc4ccccc4c3)cc2)c2c([2H])c([2H])c(-c3ccccc3)c([2H])c2[2H])c1[2H]. The number of hydrogen-bond donors (Lipinski definition) is 0. The third-order valence-electron chi connectivity index (χ3n) is 7.98. The standard InChI is InChI=1S/C44H31N/c1-2-9-32(10-3-1)35-21-25-42(26-22-35)45(43-27-23-36(24-28-43)40-19-17-33-11-4-6-13-37(33)29-40)44-16-8-15-39(31-44)41-20-18-34-12-5-7-14-38(34)30-41/h1-31H/i8D,15D,16D,21D,22D,25D,26D,31D. The zero-order valence-electron chi connectivity index (χ0n) is 32.2. The molecule has 0 spiro atoms. The topological polar surface area (TPSA) is 3.24 Å². The number of rotatable bonds is 6. The molecule has 0 atom stereocenters. The van der Waals surface area contributed by atoms with Gasteiger partial charge in [-0.25, -0.2) is 0 Å². The Morgan fingerprint density at radius 1 is 0.333 bits per heavy atom. The summed E-state index contributed by atoms with van der Waals surface area (Å²) >= 11 is 0. The second-order valence-electron chi connectivity index (χ2n) is 10.8. The van der Waals surface area contributed by atoms with Crippen molar-refractivity contribution in [3.8, 4) is 33.4 Å². The van der Waals surface area contributed by atoms with E-state index < -0.39 is 12.1 Å². The van der Waals surface area contributed by atoms with Gasteiger partial charge in [-0.2, -0.15) is 0 Å². The molecule has 0 aliphatic carbocycles. The van der Waals surface area contributed by atoms with Crippen molar-refractivity contribution in [1.29, 1.82) is 0 Å². The number of anilines is 3. The molecular formula is C44H31N. The van der Waals surface area contributed by atoms with Crippen LogP contribution in [0, 0.1) is 0 Å². The Balaban J connectivity index is 1.38. The first kappa shape index (κ1) is 19.4. The third kappa shape index (κ3) is 5.37. The van der Waals surface area contributed by atoms with Crippen LogP contribution in [0.15, 0.2) is 188 Å². The molecule has 0 saturated heterocycles. The van der Waals surface area contributed by atoms with Crippen LogP contribution < -0.4 is 4.90 Å². The van der Waals surface area contributed by atoms with Gasteiger partial charge in [0.1, 0.15) is 0 Å². The second kappa shape index (κ2) is 11.6. The molecule has 8 rings (SSSR count). The maximum atomic E-state index is 9.60. The molecule has 1 nitrogen and oxygen atoms in total. The van der Waals surface area contributed by atoms with Crippen molar-refractivity contribution >= 4 is 38.6 Å². The van der Waals surface area contributed by atoms with Gasteiger partial charge in [-0.3, -0.25) is 0 Å². The van der Waals surface area contributed by atoms with E-state index in [1.807, 2.05) is 84.9 Å². The summed E-state index contributed by atoms with van der Waals surface area (Å²) < 4.78 is 73.5. The molecule has 8 aromatic rings. The molecule has 0 heterocycles. The fourth-order valence-corrected chi connectivity index (χ4v) is 5.64. The minimum absolute atomic E-state index is 0.124. The molecule has 0 aliphatic heterocycles. The fourth-order valence-electron chi connectivity index (χ4n) is 5.64. The van der Waals surface area contributed by atoms with Crippen LogP contribution in [0.1, 0.15) is 11.0 Å². The highest BCUT2D eigenvalue weighted by Gasteiger charge is 2.15. The van der Waals surface area contributed by atoms with Crippen molar-refractivity contribution in [3.63, 3.8) is 0 Å². The van der Waals surface area contributed by atoms with E-state index in [9.17, 15) is 5.48 Å². The number of hydrogen-bond acceptors (Lipinski definition) is 1. The molecule has 0 unspecified atom stereocenters. The average molecular weight is 582 g/mol. The largest absolute Gasteiger partial charge is 0.310 e. The molecule has 0 N–H and O–H groups in total. The van der Waals surface area contributed by atoms with Crippen LogP contribution in [-0.2, 0) is 0 Å². The predicted octanol–water partition coefficient (Wildman–Crippen LogP) is 12.5. The van der Waals surface area contributed by atoms with E-state index in [2.05, 4.69) is 12.1 Å². The van der Waals surface area contributed by atoms with E-state index >= 15 is 0 Å². The first-order valence-electron chi connectivity index (χ1n) is 18.8. The van der Waals surface area contributed by atoms with E-state index in [0.29, 0.717) is 16.8 Å². The highest BCUT2D eigenvalue weighted by atomic mass is 15.1. The summed E-state index contributed by atoms with van der Waals surface area (Å²) in [5.74, 6) is 0. The summed E-state index contributed by atoms with van der Waals surface area (Å²) in [6, 6.07) is 40.9. The summed E-state index contributed by atoms with van der Waals surface area (Å²) in [6.07, 6.45) is 0. The van der Waals surface area contributed by atoms with Crippen LogP contribution in [0.3, 0.4) is 0 Å². The van der Waals surface area contributed by atoms with E-state index in [1.165, 1.54) is 4.90 Å². The molecule has 212 valence electrons. The van der Waals surface area contributed by atoms with E-state index in [0.717, 1.165) is 32.7 Å². The van der Waals surface area contributed by atoms with Gasteiger partial charge in [0.25, 0.3) is 0 Å². The van der Waals surface area contributed by atoms with Crippen molar-refractivity contribution in [2.45, 2.75) is 0 Å². The highest BCUT2D eigenvalue weighted by Crippen LogP contribution is 2.39. The maximum Gasteiger partial charge on any atom is 0.0651 e. The highest BCUT2D eigenvalue weighted by molar-refractivity contribution is 5.90. The molecule has 0 bridgehead atoms. The van der Waals surface area contributed by atoms with Crippen LogP contribution in [0.4, 0.5) is 17.1 Å². The van der Waals surface area contributed by atoms with Crippen LogP contribution in [0.5, 0.6) is 0 Å². The second-order valence-corrected chi connectivity index (χ2v) is 10.8. The van der Waals surface area contributed by atoms with Crippen molar-refractivity contribution in [2.24, 2.45) is 0 Å². The Labute approximate surface area is 275 Å². The molecular weight excluding hydrogens is 542 g/mol. The van der Waals surface area contributed by atoms with Crippen molar-refractivity contribution in [3.05, 3.63) is 188 Å². The van der Waals surface area contributed by atoms with Gasteiger partial charge in [-0.15, -0.1) is 0 Å². The molecule has 1 heteroatoms. The molecule has 8 aromatic carbocycles. The van der Waals surface area contributed by atoms with Crippen molar-refractivity contribution in [1.82, 2.24) is 0 Å².